The van der Waals surface area contributed by atoms with E-state index >= 15 is 0 Å². The van der Waals surface area contributed by atoms with Gasteiger partial charge >= 0.3 is 0 Å². The largest absolute Gasteiger partial charge is 0.354 e. The summed E-state index contributed by atoms with van der Waals surface area (Å²) in [6, 6.07) is 11.2. The molecular formula is C22H26BrN5O3S. The molecule has 0 unspecified atom stereocenters. The van der Waals surface area contributed by atoms with E-state index in [0.717, 1.165) is 28.6 Å². The normalized spacial score (nSPS) is 14.0. The van der Waals surface area contributed by atoms with Gasteiger partial charge in [-0.25, -0.2) is 13.1 Å². The molecule has 0 bridgehead atoms. The fourth-order valence-corrected chi connectivity index (χ4v) is 5.12. The maximum absolute atomic E-state index is 12.9. The monoisotopic (exact) mass is 519 g/mol. The van der Waals surface area contributed by atoms with E-state index in [9.17, 15) is 13.2 Å². The van der Waals surface area contributed by atoms with E-state index in [4.69, 9.17) is 10.8 Å². The molecule has 0 aliphatic heterocycles. The van der Waals surface area contributed by atoms with Crippen molar-refractivity contribution < 1.29 is 13.2 Å². The molecule has 0 atom stereocenters. The van der Waals surface area contributed by atoms with Crippen LogP contribution >= 0.6 is 15.9 Å². The zero-order valence-electron chi connectivity index (χ0n) is 18.0. The molecule has 8 nitrogen and oxygen atoms in total. The first-order valence-corrected chi connectivity index (χ1v) is 13.1. The van der Waals surface area contributed by atoms with Crippen molar-refractivity contribution in [2.75, 3.05) is 30.7 Å². The van der Waals surface area contributed by atoms with Crippen LogP contribution in [-0.4, -0.2) is 50.5 Å². The van der Waals surface area contributed by atoms with E-state index in [1.54, 1.807) is 17.8 Å². The summed E-state index contributed by atoms with van der Waals surface area (Å²) in [4.78, 5) is 12.9. The van der Waals surface area contributed by atoms with Gasteiger partial charge in [-0.2, -0.15) is 5.10 Å². The standard InChI is InChI=1S/C22H26BrN5O3S/c1-25-22(29)21-18-12-17(14-4-5-14)20(27(11-3-10-24)32(2,30)31)13-19(18)26-28(21)16-8-6-15(23)7-9-16/h6-9,12-14H,3-5,10-11,24H2,1-2H3,(H,25,29). The number of sulfonamides is 1. The molecule has 170 valence electrons. The Labute approximate surface area is 195 Å². The van der Waals surface area contributed by atoms with Crippen LogP contribution in [0.2, 0.25) is 0 Å². The van der Waals surface area contributed by atoms with E-state index in [2.05, 4.69) is 21.2 Å². The number of benzene rings is 2. The molecule has 1 fully saturated rings. The first kappa shape index (κ1) is 22.8. The molecule has 1 aliphatic carbocycles. The number of hydrogen-bond acceptors (Lipinski definition) is 5. The van der Waals surface area contributed by atoms with E-state index in [-0.39, 0.29) is 11.8 Å². The number of amides is 1. The highest BCUT2D eigenvalue weighted by Gasteiger charge is 2.32. The third-order valence-electron chi connectivity index (χ3n) is 5.58. The van der Waals surface area contributed by atoms with Crippen LogP contribution in [-0.2, 0) is 10.0 Å². The van der Waals surface area contributed by atoms with Crippen molar-refractivity contribution in [3.8, 4) is 5.69 Å². The molecule has 1 heterocycles. The zero-order valence-corrected chi connectivity index (χ0v) is 20.4. The molecule has 1 saturated carbocycles. The number of anilines is 1. The molecule has 2 aromatic carbocycles. The molecule has 3 aromatic rings. The topological polar surface area (TPSA) is 110 Å². The lowest BCUT2D eigenvalue weighted by atomic mass is 10.0. The second kappa shape index (κ2) is 8.84. The predicted molar refractivity (Wildman–Crippen MR) is 130 cm³/mol. The Morgan fingerprint density at radius 2 is 1.97 bits per heavy atom. The SMILES string of the molecule is CNC(=O)c1c2cc(C3CC3)c(N(CCCN)S(C)(=O)=O)cc2nn1-c1ccc(Br)cc1. The first-order valence-electron chi connectivity index (χ1n) is 10.5. The van der Waals surface area contributed by atoms with E-state index < -0.39 is 10.0 Å². The van der Waals surface area contributed by atoms with Gasteiger partial charge in [0, 0.05) is 23.5 Å². The van der Waals surface area contributed by atoms with Gasteiger partial charge in [0.1, 0.15) is 5.69 Å². The molecule has 4 rings (SSSR count). The summed E-state index contributed by atoms with van der Waals surface area (Å²) in [5.41, 5.74) is 8.94. The molecule has 0 radical (unpaired) electrons. The summed E-state index contributed by atoms with van der Waals surface area (Å²) in [5.74, 6) is 0.0121. The molecule has 1 aliphatic rings. The van der Waals surface area contributed by atoms with Gasteiger partial charge in [0.25, 0.3) is 5.91 Å². The molecule has 1 aromatic heterocycles. The minimum Gasteiger partial charge on any atom is -0.354 e. The second-order valence-electron chi connectivity index (χ2n) is 8.00. The van der Waals surface area contributed by atoms with Crippen LogP contribution < -0.4 is 15.4 Å². The number of nitrogens with zero attached hydrogens (tertiary/aromatic N) is 3. The van der Waals surface area contributed by atoms with Gasteiger partial charge in [-0.1, -0.05) is 15.9 Å². The first-order chi connectivity index (χ1) is 15.2. The summed E-state index contributed by atoms with van der Waals surface area (Å²) in [6.45, 7) is 0.697. The Balaban J connectivity index is 1.97. The molecule has 0 spiro atoms. The summed E-state index contributed by atoms with van der Waals surface area (Å²) < 4.78 is 29.2. The minimum absolute atomic E-state index is 0.256. The van der Waals surface area contributed by atoms with Crippen LogP contribution in [0.3, 0.4) is 0 Å². The highest BCUT2D eigenvalue weighted by molar-refractivity contribution is 9.10. The second-order valence-corrected chi connectivity index (χ2v) is 10.8. The Morgan fingerprint density at radius 3 is 2.53 bits per heavy atom. The summed E-state index contributed by atoms with van der Waals surface area (Å²) >= 11 is 3.43. The lowest BCUT2D eigenvalue weighted by molar-refractivity contribution is 0.0957. The smallest absolute Gasteiger partial charge is 0.270 e. The lowest BCUT2D eigenvalue weighted by Gasteiger charge is -2.25. The van der Waals surface area contributed by atoms with Gasteiger partial charge in [-0.15, -0.1) is 0 Å². The summed E-state index contributed by atoms with van der Waals surface area (Å²) in [5, 5.41) is 8.11. The predicted octanol–water partition coefficient (Wildman–Crippen LogP) is 3.14. The molecule has 0 saturated heterocycles. The summed E-state index contributed by atoms with van der Waals surface area (Å²) in [7, 11) is -1.92. The maximum atomic E-state index is 12.9. The zero-order chi connectivity index (χ0) is 23.0. The number of carbonyl (C=O) groups is 1. The number of hydrogen-bond donors (Lipinski definition) is 2. The van der Waals surface area contributed by atoms with Gasteiger partial charge in [-0.05, 0) is 73.7 Å². The molecule has 10 heteroatoms. The van der Waals surface area contributed by atoms with E-state index in [1.807, 2.05) is 30.3 Å². The quantitative estimate of drug-likeness (QED) is 0.474. The molecule has 32 heavy (non-hydrogen) atoms. The average Bonchev–Trinajstić information content (AvgIpc) is 3.53. The van der Waals surface area contributed by atoms with E-state index in [0.29, 0.717) is 41.8 Å². The van der Waals surface area contributed by atoms with Crippen LogP contribution in [0.5, 0.6) is 0 Å². The summed E-state index contributed by atoms with van der Waals surface area (Å²) in [6.07, 6.45) is 3.74. The van der Waals surface area contributed by atoms with Gasteiger partial charge in [0.2, 0.25) is 10.0 Å². The number of carbonyl (C=O) groups excluding carboxylic acids is 1. The van der Waals surface area contributed by atoms with Crippen molar-refractivity contribution in [1.82, 2.24) is 15.1 Å². The van der Waals surface area contributed by atoms with Gasteiger partial charge in [0.05, 0.1) is 23.1 Å². The third-order valence-corrected chi connectivity index (χ3v) is 7.29. The fraction of sp³-hybridized carbons (Fsp3) is 0.364. The van der Waals surface area contributed by atoms with Crippen molar-refractivity contribution in [1.29, 1.82) is 0 Å². The highest BCUT2D eigenvalue weighted by Crippen LogP contribution is 2.46. The Hall–Kier alpha value is -2.43. The van der Waals surface area contributed by atoms with Crippen LogP contribution in [0.25, 0.3) is 16.6 Å². The van der Waals surface area contributed by atoms with Gasteiger partial charge in [-0.3, -0.25) is 9.10 Å². The minimum atomic E-state index is -3.51. The fourth-order valence-electron chi connectivity index (χ4n) is 3.88. The van der Waals surface area contributed by atoms with Gasteiger partial charge < -0.3 is 11.1 Å². The van der Waals surface area contributed by atoms with E-state index in [1.165, 1.54) is 10.6 Å². The number of aromatic nitrogens is 2. The number of nitrogens with two attached hydrogens (primary N) is 1. The van der Waals surface area contributed by atoms with Gasteiger partial charge in [0.15, 0.2) is 0 Å². The van der Waals surface area contributed by atoms with Crippen LogP contribution in [0.4, 0.5) is 5.69 Å². The maximum Gasteiger partial charge on any atom is 0.270 e. The van der Waals surface area contributed by atoms with Crippen molar-refractivity contribution in [3.63, 3.8) is 0 Å². The Bertz CT molecular complexity index is 1270. The number of fused-ring (bicyclic) bond motifs is 1. The number of halogens is 1. The Morgan fingerprint density at radius 1 is 1.28 bits per heavy atom. The van der Waals surface area contributed by atoms with Crippen molar-refractivity contribution in [2.45, 2.75) is 25.2 Å². The number of rotatable bonds is 8. The van der Waals surface area contributed by atoms with Crippen molar-refractivity contribution in [3.05, 3.63) is 52.1 Å². The van der Waals surface area contributed by atoms with Crippen LogP contribution in [0.15, 0.2) is 40.9 Å². The molecular weight excluding hydrogens is 494 g/mol. The number of nitrogens with one attached hydrogen (secondary N) is 1. The van der Waals surface area contributed by atoms with Crippen LogP contribution in [0, 0.1) is 0 Å². The van der Waals surface area contributed by atoms with Crippen molar-refractivity contribution in [2.24, 2.45) is 5.73 Å². The van der Waals surface area contributed by atoms with Crippen LogP contribution in [0.1, 0.15) is 41.2 Å². The Kier molecular flexibility index (Phi) is 6.28. The molecule has 1 amide bonds. The average molecular weight is 520 g/mol. The lowest BCUT2D eigenvalue weighted by Crippen LogP contribution is -2.32. The molecule has 3 N–H and O–H groups in total. The van der Waals surface area contributed by atoms with Crippen molar-refractivity contribution >= 4 is 48.5 Å². The highest BCUT2D eigenvalue weighted by atomic mass is 79.9. The third kappa shape index (κ3) is 4.39.